The van der Waals surface area contributed by atoms with Gasteiger partial charge in [-0.25, -0.2) is 9.18 Å². The molecule has 8 heteroatoms. The van der Waals surface area contributed by atoms with E-state index in [0.717, 1.165) is 6.07 Å². The van der Waals surface area contributed by atoms with Crippen molar-refractivity contribution in [1.82, 2.24) is 5.32 Å². The molecule has 0 fully saturated rings. The van der Waals surface area contributed by atoms with Gasteiger partial charge in [0.15, 0.2) is 0 Å². The lowest BCUT2D eigenvalue weighted by Crippen LogP contribution is -2.36. The van der Waals surface area contributed by atoms with Gasteiger partial charge in [0, 0.05) is 5.69 Å². The first-order valence-electron chi connectivity index (χ1n) is 5.42. The van der Waals surface area contributed by atoms with Gasteiger partial charge in [0.25, 0.3) is 0 Å². The fourth-order valence-corrected chi connectivity index (χ4v) is 1.20. The molecule has 0 bridgehead atoms. The number of hydrogen-bond acceptors (Lipinski definition) is 2. The highest BCUT2D eigenvalue weighted by Crippen LogP contribution is 2.15. The van der Waals surface area contributed by atoms with Crippen LogP contribution in [-0.2, 0) is 0 Å². The Hall–Kier alpha value is -2.27. The molecule has 0 spiro atoms. The molecule has 0 aliphatic rings. The maximum Gasteiger partial charge on any atom is 0.405 e. The molecule has 0 atom stereocenters. The van der Waals surface area contributed by atoms with Gasteiger partial charge in [-0.05, 0) is 18.2 Å². The molecular weight excluding hydrogens is 278 g/mol. The minimum Gasteiger partial charge on any atom is -0.329 e. The van der Waals surface area contributed by atoms with Gasteiger partial charge >= 0.3 is 12.2 Å². The number of carbonyl (C=O) groups is 1. The van der Waals surface area contributed by atoms with Gasteiger partial charge in [-0.2, -0.15) is 13.2 Å². The van der Waals surface area contributed by atoms with E-state index < -0.39 is 24.6 Å². The third-order valence-electron chi connectivity index (χ3n) is 2.00. The summed E-state index contributed by atoms with van der Waals surface area (Å²) in [6.45, 7) is -1.40. The zero-order valence-corrected chi connectivity index (χ0v) is 10.1. The van der Waals surface area contributed by atoms with Crippen molar-refractivity contribution in [3.8, 4) is 11.8 Å². The first-order chi connectivity index (χ1) is 9.31. The molecule has 0 aliphatic carbocycles. The van der Waals surface area contributed by atoms with Gasteiger partial charge in [-0.3, -0.25) is 0 Å². The van der Waals surface area contributed by atoms with Crippen LogP contribution in [0.1, 0.15) is 5.56 Å². The van der Waals surface area contributed by atoms with E-state index in [1.165, 1.54) is 12.1 Å². The number of nitrogens with two attached hydrogens (primary N) is 1. The number of nitrogens with one attached hydrogen (secondary N) is 2. The number of anilines is 1. The van der Waals surface area contributed by atoms with Gasteiger partial charge in [0.1, 0.15) is 12.4 Å². The van der Waals surface area contributed by atoms with Crippen LogP contribution >= 0.6 is 0 Å². The molecule has 0 radical (unpaired) electrons. The van der Waals surface area contributed by atoms with Gasteiger partial charge in [-0.1, -0.05) is 11.8 Å². The van der Waals surface area contributed by atoms with Crippen LogP contribution in [0.3, 0.4) is 0 Å². The van der Waals surface area contributed by atoms with Crippen LogP contribution in [0.2, 0.25) is 0 Å². The summed E-state index contributed by atoms with van der Waals surface area (Å²) in [5.41, 5.74) is 5.23. The van der Waals surface area contributed by atoms with Crippen LogP contribution in [0.25, 0.3) is 0 Å². The molecule has 2 amide bonds. The molecule has 1 aromatic rings. The van der Waals surface area contributed by atoms with Crippen LogP contribution in [0.4, 0.5) is 28.0 Å². The van der Waals surface area contributed by atoms with E-state index in [1.54, 1.807) is 5.32 Å². The Morgan fingerprint density at radius 3 is 2.60 bits per heavy atom. The Labute approximate surface area is 112 Å². The Bertz CT molecular complexity index is 546. The topological polar surface area (TPSA) is 67.1 Å². The van der Waals surface area contributed by atoms with Crippen molar-refractivity contribution in [2.24, 2.45) is 5.73 Å². The standard InChI is InChI=1S/C12H11F4N3O/c13-10-6-9(4-3-8(10)2-1-5-17)19-11(20)18-7-12(14,15)16/h3-4,6H,5,7,17H2,(H2,18,19,20). The second-order valence-corrected chi connectivity index (χ2v) is 3.62. The summed E-state index contributed by atoms with van der Waals surface area (Å²) in [7, 11) is 0. The van der Waals surface area contributed by atoms with Crippen molar-refractivity contribution in [3.05, 3.63) is 29.6 Å². The smallest absolute Gasteiger partial charge is 0.329 e. The van der Waals surface area contributed by atoms with Crippen LogP contribution in [0, 0.1) is 17.7 Å². The Morgan fingerprint density at radius 1 is 1.35 bits per heavy atom. The lowest BCUT2D eigenvalue weighted by Gasteiger charge is -2.10. The van der Waals surface area contributed by atoms with Crippen molar-refractivity contribution in [2.45, 2.75) is 6.18 Å². The third kappa shape index (κ3) is 5.58. The first kappa shape index (κ1) is 15.8. The number of alkyl halides is 3. The van der Waals surface area contributed by atoms with Crippen molar-refractivity contribution < 1.29 is 22.4 Å². The first-order valence-corrected chi connectivity index (χ1v) is 5.42. The van der Waals surface area contributed by atoms with E-state index in [0.29, 0.717) is 0 Å². The van der Waals surface area contributed by atoms with E-state index in [4.69, 9.17) is 5.73 Å². The van der Waals surface area contributed by atoms with E-state index in [-0.39, 0.29) is 17.8 Å². The van der Waals surface area contributed by atoms with E-state index in [1.807, 2.05) is 0 Å². The largest absolute Gasteiger partial charge is 0.405 e. The lowest BCUT2D eigenvalue weighted by molar-refractivity contribution is -0.122. The highest BCUT2D eigenvalue weighted by molar-refractivity contribution is 5.89. The molecule has 0 saturated heterocycles. The van der Waals surface area contributed by atoms with Crippen molar-refractivity contribution in [3.63, 3.8) is 0 Å². The zero-order chi connectivity index (χ0) is 15.2. The molecule has 0 unspecified atom stereocenters. The fraction of sp³-hybridized carbons (Fsp3) is 0.250. The quantitative estimate of drug-likeness (QED) is 0.574. The molecule has 0 aromatic heterocycles. The molecule has 0 aliphatic heterocycles. The molecule has 0 heterocycles. The highest BCUT2D eigenvalue weighted by atomic mass is 19.4. The number of carbonyl (C=O) groups excluding carboxylic acids is 1. The summed E-state index contributed by atoms with van der Waals surface area (Å²) in [4.78, 5) is 11.1. The highest BCUT2D eigenvalue weighted by Gasteiger charge is 2.27. The zero-order valence-electron chi connectivity index (χ0n) is 10.1. The second-order valence-electron chi connectivity index (χ2n) is 3.62. The number of halogens is 4. The summed E-state index contributed by atoms with van der Waals surface area (Å²) in [6.07, 6.45) is -4.51. The minimum absolute atomic E-state index is 0.0143. The molecule has 1 aromatic carbocycles. The normalized spacial score (nSPS) is 10.4. The van der Waals surface area contributed by atoms with E-state index >= 15 is 0 Å². The summed E-state index contributed by atoms with van der Waals surface area (Å²) in [5.74, 6) is 4.22. The van der Waals surface area contributed by atoms with Crippen LogP contribution < -0.4 is 16.4 Å². The maximum absolute atomic E-state index is 13.5. The molecular formula is C12H11F4N3O. The van der Waals surface area contributed by atoms with Crippen LogP contribution in [0.15, 0.2) is 18.2 Å². The Kier molecular flexibility index (Phi) is 5.34. The van der Waals surface area contributed by atoms with Crippen LogP contribution in [-0.4, -0.2) is 25.3 Å². The average molecular weight is 289 g/mol. The number of amides is 2. The van der Waals surface area contributed by atoms with Gasteiger partial charge < -0.3 is 16.4 Å². The van der Waals surface area contributed by atoms with Gasteiger partial charge in [-0.15, -0.1) is 0 Å². The predicted octanol–water partition coefficient (Wildman–Crippen LogP) is 1.82. The maximum atomic E-state index is 13.5. The number of benzene rings is 1. The summed E-state index contributed by atoms with van der Waals surface area (Å²) in [5, 5.41) is 3.67. The van der Waals surface area contributed by atoms with Crippen molar-refractivity contribution in [1.29, 1.82) is 0 Å². The summed E-state index contributed by atoms with van der Waals surface area (Å²) < 4.78 is 49.1. The number of rotatable bonds is 2. The number of hydrogen-bond donors (Lipinski definition) is 3. The molecule has 0 saturated carbocycles. The third-order valence-corrected chi connectivity index (χ3v) is 2.00. The summed E-state index contributed by atoms with van der Waals surface area (Å²) in [6, 6.07) is 2.48. The molecule has 108 valence electrons. The molecule has 20 heavy (non-hydrogen) atoms. The Morgan fingerprint density at radius 2 is 2.05 bits per heavy atom. The predicted molar refractivity (Wildman–Crippen MR) is 65.4 cm³/mol. The molecule has 4 nitrogen and oxygen atoms in total. The molecule has 1 rings (SSSR count). The molecule has 4 N–H and O–H groups in total. The SMILES string of the molecule is NCC#Cc1ccc(NC(=O)NCC(F)(F)F)cc1F. The minimum atomic E-state index is -4.51. The van der Waals surface area contributed by atoms with E-state index in [2.05, 4.69) is 17.2 Å². The lowest BCUT2D eigenvalue weighted by atomic mass is 10.2. The summed E-state index contributed by atoms with van der Waals surface area (Å²) >= 11 is 0. The van der Waals surface area contributed by atoms with Crippen molar-refractivity contribution >= 4 is 11.7 Å². The number of urea groups is 1. The Balaban J connectivity index is 2.65. The monoisotopic (exact) mass is 289 g/mol. The second kappa shape index (κ2) is 6.77. The van der Waals surface area contributed by atoms with Gasteiger partial charge in [0.05, 0.1) is 12.1 Å². The van der Waals surface area contributed by atoms with Crippen LogP contribution in [0.5, 0.6) is 0 Å². The van der Waals surface area contributed by atoms with Gasteiger partial charge in [0.2, 0.25) is 0 Å². The van der Waals surface area contributed by atoms with E-state index in [9.17, 15) is 22.4 Å². The fourth-order valence-electron chi connectivity index (χ4n) is 1.20. The average Bonchev–Trinajstić information content (AvgIpc) is 2.35. The van der Waals surface area contributed by atoms with Crippen molar-refractivity contribution in [2.75, 3.05) is 18.4 Å².